The van der Waals surface area contributed by atoms with Crippen molar-refractivity contribution in [3.8, 4) is 0 Å². The van der Waals surface area contributed by atoms with E-state index < -0.39 is 0 Å². The number of hydrogen-bond acceptors (Lipinski definition) is 4. The van der Waals surface area contributed by atoms with E-state index in [2.05, 4.69) is 12.2 Å². The molecule has 1 heterocycles. The van der Waals surface area contributed by atoms with Crippen LogP contribution in [0.1, 0.15) is 31.2 Å². The first-order valence-corrected chi connectivity index (χ1v) is 6.03. The molecule has 4 heteroatoms. The van der Waals surface area contributed by atoms with Crippen molar-refractivity contribution in [1.29, 1.82) is 0 Å². The van der Waals surface area contributed by atoms with Crippen LogP contribution in [0.4, 0.5) is 0 Å². The zero-order chi connectivity index (χ0) is 11.1. The number of thiophene rings is 1. The molecule has 84 valence electrons. The Hall–Kier alpha value is -0.870. The molecule has 0 aliphatic heterocycles. The van der Waals surface area contributed by atoms with Gasteiger partial charge in [-0.2, -0.15) is 0 Å². The molecule has 1 aromatic heterocycles. The van der Waals surface area contributed by atoms with Crippen molar-refractivity contribution in [3.63, 3.8) is 0 Å². The first kappa shape index (κ1) is 12.2. The standard InChI is InChI=1S/C11H17NO2S/c1-3-12-7-6-10(14-9(2)13)11-5-4-8-15-11/h4-5,8,10,12H,3,6-7H2,1-2H3. The van der Waals surface area contributed by atoms with Gasteiger partial charge in [0.05, 0.1) is 0 Å². The lowest BCUT2D eigenvalue weighted by atomic mass is 10.2. The normalized spacial score (nSPS) is 12.4. The second-order valence-electron chi connectivity index (χ2n) is 3.26. The molecule has 0 spiro atoms. The zero-order valence-electron chi connectivity index (χ0n) is 9.16. The van der Waals surface area contributed by atoms with E-state index in [9.17, 15) is 4.79 Å². The first-order valence-electron chi connectivity index (χ1n) is 5.15. The molecule has 0 saturated carbocycles. The molecule has 1 atom stereocenters. The highest BCUT2D eigenvalue weighted by Crippen LogP contribution is 2.25. The summed E-state index contributed by atoms with van der Waals surface area (Å²) in [5.74, 6) is -0.218. The Bertz CT molecular complexity index is 285. The predicted molar refractivity (Wildman–Crippen MR) is 62.0 cm³/mol. The van der Waals surface area contributed by atoms with E-state index in [1.807, 2.05) is 17.5 Å². The second-order valence-corrected chi connectivity index (χ2v) is 4.23. The zero-order valence-corrected chi connectivity index (χ0v) is 9.97. The maximum atomic E-state index is 10.9. The average molecular weight is 227 g/mol. The van der Waals surface area contributed by atoms with E-state index in [1.165, 1.54) is 6.92 Å². The highest BCUT2D eigenvalue weighted by Gasteiger charge is 2.14. The number of carbonyl (C=O) groups is 1. The van der Waals surface area contributed by atoms with Gasteiger partial charge in [-0.1, -0.05) is 13.0 Å². The lowest BCUT2D eigenvalue weighted by Gasteiger charge is -2.15. The SMILES string of the molecule is CCNCCC(OC(C)=O)c1cccs1. The maximum Gasteiger partial charge on any atom is 0.303 e. The van der Waals surface area contributed by atoms with Crippen molar-refractivity contribution < 1.29 is 9.53 Å². The summed E-state index contributed by atoms with van der Waals surface area (Å²) in [6, 6.07) is 3.98. The molecule has 15 heavy (non-hydrogen) atoms. The number of esters is 1. The Kier molecular flexibility index (Phi) is 5.36. The number of hydrogen-bond donors (Lipinski definition) is 1. The van der Waals surface area contributed by atoms with Gasteiger partial charge in [0.2, 0.25) is 0 Å². The van der Waals surface area contributed by atoms with E-state index in [0.717, 1.165) is 24.4 Å². The highest BCUT2D eigenvalue weighted by molar-refractivity contribution is 7.10. The number of ether oxygens (including phenoxy) is 1. The Balaban J connectivity index is 2.50. The lowest BCUT2D eigenvalue weighted by Crippen LogP contribution is -2.18. The monoisotopic (exact) mass is 227 g/mol. The maximum absolute atomic E-state index is 10.9. The summed E-state index contributed by atoms with van der Waals surface area (Å²) >= 11 is 1.63. The van der Waals surface area contributed by atoms with Crippen molar-refractivity contribution in [2.24, 2.45) is 0 Å². The van der Waals surface area contributed by atoms with Crippen LogP contribution < -0.4 is 5.32 Å². The van der Waals surface area contributed by atoms with Gasteiger partial charge in [0, 0.05) is 18.2 Å². The van der Waals surface area contributed by atoms with Crippen LogP contribution in [0.5, 0.6) is 0 Å². The van der Waals surface area contributed by atoms with Crippen LogP contribution in [-0.4, -0.2) is 19.1 Å². The summed E-state index contributed by atoms with van der Waals surface area (Å²) in [4.78, 5) is 12.1. The van der Waals surface area contributed by atoms with Gasteiger partial charge in [0.1, 0.15) is 6.10 Å². The van der Waals surface area contributed by atoms with E-state index in [0.29, 0.717) is 0 Å². The number of nitrogens with one attached hydrogen (secondary N) is 1. The Labute approximate surface area is 94.5 Å². The molecule has 0 aliphatic rings. The second kappa shape index (κ2) is 6.58. The quantitative estimate of drug-likeness (QED) is 0.599. The van der Waals surface area contributed by atoms with Gasteiger partial charge in [-0.15, -0.1) is 11.3 Å². The van der Waals surface area contributed by atoms with Crippen LogP contribution in [0, 0.1) is 0 Å². The molecule has 0 fully saturated rings. The third kappa shape index (κ3) is 4.44. The molecule has 0 aliphatic carbocycles. The highest BCUT2D eigenvalue weighted by atomic mass is 32.1. The van der Waals surface area contributed by atoms with Gasteiger partial charge in [0.15, 0.2) is 0 Å². The van der Waals surface area contributed by atoms with Crippen molar-refractivity contribution in [3.05, 3.63) is 22.4 Å². The molecular weight excluding hydrogens is 210 g/mol. The summed E-state index contributed by atoms with van der Waals surface area (Å²) in [5.41, 5.74) is 0. The van der Waals surface area contributed by atoms with E-state index in [1.54, 1.807) is 11.3 Å². The van der Waals surface area contributed by atoms with Crippen LogP contribution in [0.2, 0.25) is 0 Å². The number of rotatable bonds is 6. The van der Waals surface area contributed by atoms with E-state index in [-0.39, 0.29) is 12.1 Å². The fraction of sp³-hybridized carbons (Fsp3) is 0.545. The van der Waals surface area contributed by atoms with Crippen molar-refractivity contribution in [2.45, 2.75) is 26.4 Å². The molecule has 0 bridgehead atoms. The first-order chi connectivity index (χ1) is 7.24. The minimum absolute atomic E-state index is 0.0958. The van der Waals surface area contributed by atoms with Gasteiger partial charge in [-0.25, -0.2) is 0 Å². The van der Waals surface area contributed by atoms with Gasteiger partial charge in [-0.3, -0.25) is 4.79 Å². The van der Waals surface area contributed by atoms with Crippen LogP contribution in [0.15, 0.2) is 17.5 Å². The summed E-state index contributed by atoms with van der Waals surface area (Å²) in [5, 5.41) is 5.23. The van der Waals surface area contributed by atoms with E-state index >= 15 is 0 Å². The molecule has 3 nitrogen and oxygen atoms in total. The Morgan fingerprint density at radius 1 is 1.67 bits per heavy atom. The fourth-order valence-corrected chi connectivity index (χ4v) is 2.13. The smallest absolute Gasteiger partial charge is 0.303 e. The summed E-state index contributed by atoms with van der Waals surface area (Å²) in [6.07, 6.45) is 0.732. The fourth-order valence-electron chi connectivity index (χ4n) is 1.34. The molecule has 1 rings (SSSR count). The van der Waals surface area contributed by atoms with Gasteiger partial charge in [0.25, 0.3) is 0 Å². The Morgan fingerprint density at radius 3 is 3.00 bits per heavy atom. The van der Waals surface area contributed by atoms with Gasteiger partial charge < -0.3 is 10.1 Å². The van der Waals surface area contributed by atoms with Gasteiger partial charge >= 0.3 is 5.97 Å². The molecular formula is C11H17NO2S. The lowest BCUT2D eigenvalue weighted by molar-refractivity contribution is -0.146. The molecule has 1 N–H and O–H groups in total. The van der Waals surface area contributed by atoms with Crippen molar-refractivity contribution in [1.82, 2.24) is 5.32 Å². The molecule has 1 unspecified atom stereocenters. The minimum Gasteiger partial charge on any atom is -0.457 e. The van der Waals surface area contributed by atoms with Crippen LogP contribution in [0.3, 0.4) is 0 Å². The van der Waals surface area contributed by atoms with Gasteiger partial charge in [-0.05, 0) is 24.5 Å². The third-order valence-corrected chi connectivity index (χ3v) is 2.97. The predicted octanol–water partition coefficient (Wildman–Crippen LogP) is 2.35. The van der Waals surface area contributed by atoms with Crippen LogP contribution >= 0.6 is 11.3 Å². The summed E-state index contributed by atoms with van der Waals surface area (Å²) < 4.78 is 5.27. The third-order valence-electron chi connectivity index (χ3n) is 2.00. The van der Waals surface area contributed by atoms with Crippen molar-refractivity contribution in [2.75, 3.05) is 13.1 Å². The van der Waals surface area contributed by atoms with Crippen LogP contribution in [0.25, 0.3) is 0 Å². The van der Waals surface area contributed by atoms with E-state index in [4.69, 9.17) is 4.74 Å². The minimum atomic E-state index is -0.218. The molecule has 0 saturated heterocycles. The van der Waals surface area contributed by atoms with Crippen LogP contribution in [-0.2, 0) is 9.53 Å². The molecule has 0 aromatic carbocycles. The largest absolute Gasteiger partial charge is 0.457 e. The Morgan fingerprint density at radius 2 is 2.47 bits per heavy atom. The topological polar surface area (TPSA) is 38.3 Å². The summed E-state index contributed by atoms with van der Waals surface area (Å²) in [7, 11) is 0. The molecule has 1 aromatic rings. The van der Waals surface area contributed by atoms with Crippen molar-refractivity contribution >= 4 is 17.3 Å². The molecule has 0 amide bonds. The average Bonchev–Trinajstić information content (AvgIpc) is 2.68. The summed E-state index contributed by atoms with van der Waals surface area (Å²) in [6.45, 7) is 5.32. The number of carbonyl (C=O) groups excluding carboxylic acids is 1. The molecule has 0 radical (unpaired) electrons.